The molecule has 2 atom stereocenters. The van der Waals surface area contributed by atoms with Gasteiger partial charge in [0.05, 0.1) is 18.2 Å². The number of anilines is 1. The Kier molecular flexibility index (Phi) is 3.73. The van der Waals surface area contributed by atoms with Crippen LogP contribution >= 0.6 is 15.9 Å². The minimum atomic E-state index is 0.231. The first-order valence-electron chi connectivity index (χ1n) is 5.99. The second-order valence-electron chi connectivity index (χ2n) is 4.88. The van der Waals surface area contributed by atoms with E-state index in [1.807, 2.05) is 4.68 Å². The van der Waals surface area contributed by atoms with E-state index in [1.165, 1.54) is 0 Å². The van der Waals surface area contributed by atoms with Crippen molar-refractivity contribution in [1.82, 2.24) is 14.8 Å². The molecule has 96 valence electrons. The molecule has 2 rings (SSSR count). The number of ether oxygens (including phenoxy) is 1. The average Bonchev–Trinajstić information content (AvgIpc) is 2.59. The molecule has 0 radical (unpaired) electrons. The minimum Gasteiger partial charge on any atom is -0.372 e. The highest BCUT2D eigenvalue weighted by molar-refractivity contribution is 9.10. The third-order valence-corrected chi connectivity index (χ3v) is 3.11. The van der Waals surface area contributed by atoms with Gasteiger partial charge in [-0.2, -0.15) is 4.98 Å². The van der Waals surface area contributed by atoms with Crippen LogP contribution in [0.5, 0.6) is 0 Å². The molecule has 1 aromatic rings. The average molecular weight is 303 g/mol. The van der Waals surface area contributed by atoms with Gasteiger partial charge >= 0.3 is 0 Å². The van der Waals surface area contributed by atoms with Gasteiger partial charge in [0.15, 0.2) is 0 Å². The summed E-state index contributed by atoms with van der Waals surface area (Å²) in [5.41, 5.74) is 0. The normalized spacial score (nSPS) is 25.6. The molecule has 17 heavy (non-hydrogen) atoms. The Labute approximate surface area is 110 Å². The van der Waals surface area contributed by atoms with E-state index in [-0.39, 0.29) is 12.2 Å². The summed E-state index contributed by atoms with van der Waals surface area (Å²) in [7, 11) is 0. The van der Waals surface area contributed by atoms with E-state index in [2.05, 4.69) is 58.6 Å². The number of morpholine rings is 1. The fraction of sp³-hybridized carbons (Fsp3) is 0.818. The molecule has 1 aromatic heterocycles. The molecule has 1 aliphatic rings. The zero-order chi connectivity index (χ0) is 12.6. The van der Waals surface area contributed by atoms with Gasteiger partial charge in [-0.3, -0.25) is 0 Å². The zero-order valence-corrected chi connectivity index (χ0v) is 12.3. The van der Waals surface area contributed by atoms with Crippen LogP contribution in [0, 0.1) is 0 Å². The molecule has 1 saturated heterocycles. The molecule has 0 aliphatic carbocycles. The molecule has 1 aliphatic heterocycles. The molecule has 2 heterocycles. The van der Waals surface area contributed by atoms with Gasteiger partial charge in [0.25, 0.3) is 0 Å². The SMILES string of the molecule is CC(C)n1nc(Br)nc1N1C[C@@H](C)O[C@@H](C)C1. The fourth-order valence-electron chi connectivity index (χ4n) is 2.19. The number of rotatable bonds is 2. The van der Waals surface area contributed by atoms with Crippen molar-refractivity contribution >= 4 is 21.9 Å². The van der Waals surface area contributed by atoms with E-state index in [4.69, 9.17) is 4.74 Å². The molecular formula is C11H19BrN4O. The zero-order valence-electron chi connectivity index (χ0n) is 10.7. The van der Waals surface area contributed by atoms with Crippen LogP contribution in [0.4, 0.5) is 5.95 Å². The maximum absolute atomic E-state index is 5.73. The molecule has 5 nitrogen and oxygen atoms in total. The summed E-state index contributed by atoms with van der Waals surface area (Å²) in [6.45, 7) is 10.1. The van der Waals surface area contributed by atoms with Gasteiger partial charge in [-0.15, -0.1) is 5.10 Å². The predicted molar refractivity (Wildman–Crippen MR) is 70.3 cm³/mol. The first-order valence-corrected chi connectivity index (χ1v) is 6.79. The molecular weight excluding hydrogens is 284 g/mol. The van der Waals surface area contributed by atoms with Gasteiger partial charge in [0, 0.05) is 13.1 Å². The number of nitrogens with zero attached hydrogens (tertiary/aromatic N) is 4. The van der Waals surface area contributed by atoms with E-state index in [0.717, 1.165) is 19.0 Å². The van der Waals surface area contributed by atoms with Gasteiger partial charge in [-0.25, -0.2) is 4.68 Å². The fourth-order valence-corrected chi connectivity index (χ4v) is 2.52. The van der Waals surface area contributed by atoms with E-state index >= 15 is 0 Å². The summed E-state index contributed by atoms with van der Waals surface area (Å²) in [5, 5.41) is 4.38. The van der Waals surface area contributed by atoms with Crippen LogP contribution in [0.15, 0.2) is 4.73 Å². The minimum absolute atomic E-state index is 0.231. The van der Waals surface area contributed by atoms with Crippen molar-refractivity contribution in [3.8, 4) is 0 Å². The Morgan fingerprint density at radius 2 is 1.88 bits per heavy atom. The number of hydrogen-bond donors (Lipinski definition) is 0. The van der Waals surface area contributed by atoms with Crippen LogP contribution in [0.25, 0.3) is 0 Å². The Morgan fingerprint density at radius 3 is 2.41 bits per heavy atom. The van der Waals surface area contributed by atoms with Crippen molar-refractivity contribution in [1.29, 1.82) is 0 Å². The van der Waals surface area contributed by atoms with Crippen molar-refractivity contribution < 1.29 is 4.74 Å². The van der Waals surface area contributed by atoms with Crippen LogP contribution < -0.4 is 4.90 Å². The quantitative estimate of drug-likeness (QED) is 0.840. The van der Waals surface area contributed by atoms with Crippen LogP contribution in [0.2, 0.25) is 0 Å². The van der Waals surface area contributed by atoms with Crippen molar-refractivity contribution in [3.05, 3.63) is 4.73 Å². The second kappa shape index (κ2) is 4.94. The van der Waals surface area contributed by atoms with Gasteiger partial charge in [0.1, 0.15) is 0 Å². The smallest absolute Gasteiger partial charge is 0.225 e. The Hall–Kier alpha value is -0.620. The van der Waals surface area contributed by atoms with Crippen LogP contribution in [-0.2, 0) is 4.74 Å². The second-order valence-corrected chi connectivity index (χ2v) is 5.59. The third-order valence-electron chi connectivity index (χ3n) is 2.78. The van der Waals surface area contributed by atoms with E-state index in [9.17, 15) is 0 Å². The van der Waals surface area contributed by atoms with Gasteiger partial charge in [-0.05, 0) is 43.6 Å². The lowest BCUT2D eigenvalue weighted by atomic mass is 10.2. The summed E-state index contributed by atoms with van der Waals surface area (Å²) in [4.78, 5) is 6.71. The number of halogens is 1. The summed E-state index contributed by atoms with van der Waals surface area (Å²) in [6.07, 6.45) is 0.463. The highest BCUT2D eigenvalue weighted by Crippen LogP contribution is 2.23. The molecule has 0 amide bonds. The highest BCUT2D eigenvalue weighted by Gasteiger charge is 2.26. The lowest BCUT2D eigenvalue weighted by Gasteiger charge is -2.36. The van der Waals surface area contributed by atoms with Crippen LogP contribution in [0.1, 0.15) is 33.7 Å². The highest BCUT2D eigenvalue weighted by atomic mass is 79.9. The maximum atomic E-state index is 5.73. The molecule has 0 saturated carbocycles. The monoisotopic (exact) mass is 302 g/mol. The van der Waals surface area contributed by atoms with E-state index < -0.39 is 0 Å². The van der Waals surface area contributed by atoms with Gasteiger partial charge in [-0.1, -0.05) is 0 Å². The summed E-state index contributed by atoms with van der Waals surface area (Å²) in [6, 6.07) is 0.303. The van der Waals surface area contributed by atoms with Crippen molar-refractivity contribution in [3.63, 3.8) is 0 Å². The Balaban J connectivity index is 2.26. The predicted octanol–water partition coefficient (Wildman–Crippen LogP) is 2.24. The lowest BCUT2D eigenvalue weighted by molar-refractivity contribution is -0.00601. The topological polar surface area (TPSA) is 43.2 Å². The third kappa shape index (κ3) is 2.80. The first kappa shape index (κ1) is 12.8. The molecule has 0 spiro atoms. The van der Waals surface area contributed by atoms with Crippen molar-refractivity contribution in [2.24, 2.45) is 0 Å². The first-order chi connectivity index (χ1) is 7.97. The molecule has 0 bridgehead atoms. The molecule has 6 heteroatoms. The molecule has 1 fully saturated rings. The van der Waals surface area contributed by atoms with Crippen LogP contribution in [0.3, 0.4) is 0 Å². The van der Waals surface area contributed by atoms with Crippen molar-refractivity contribution in [2.75, 3.05) is 18.0 Å². The molecule has 0 N–H and O–H groups in total. The van der Waals surface area contributed by atoms with E-state index in [1.54, 1.807) is 0 Å². The Bertz CT molecular complexity index is 383. The Morgan fingerprint density at radius 1 is 1.29 bits per heavy atom. The van der Waals surface area contributed by atoms with Crippen LogP contribution in [-0.4, -0.2) is 40.1 Å². The summed E-state index contributed by atoms with van der Waals surface area (Å²) < 4.78 is 8.33. The number of hydrogen-bond acceptors (Lipinski definition) is 4. The maximum Gasteiger partial charge on any atom is 0.225 e. The van der Waals surface area contributed by atoms with Gasteiger partial charge < -0.3 is 9.64 Å². The molecule has 0 unspecified atom stereocenters. The van der Waals surface area contributed by atoms with Crippen molar-refractivity contribution in [2.45, 2.75) is 45.9 Å². The van der Waals surface area contributed by atoms with Gasteiger partial charge in [0.2, 0.25) is 10.7 Å². The molecule has 0 aromatic carbocycles. The summed E-state index contributed by atoms with van der Waals surface area (Å²) >= 11 is 3.35. The largest absolute Gasteiger partial charge is 0.372 e. The summed E-state index contributed by atoms with van der Waals surface area (Å²) in [5.74, 6) is 0.925. The van der Waals surface area contributed by atoms with E-state index in [0.29, 0.717) is 10.8 Å². The number of aromatic nitrogens is 3. The lowest BCUT2D eigenvalue weighted by Crippen LogP contribution is -2.46. The standard InChI is InChI=1S/C11H19BrN4O/c1-7(2)16-11(13-10(12)14-16)15-5-8(3)17-9(4)6-15/h7-9H,5-6H2,1-4H3/t8-,9+.